The van der Waals surface area contributed by atoms with Crippen molar-refractivity contribution in [3.63, 3.8) is 0 Å². The molecule has 0 spiro atoms. The maximum absolute atomic E-state index is 12.5. The maximum atomic E-state index is 12.5. The van der Waals surface area contributed by atoms with Crippen molar-refractivity contribution in [1.82, 2.24) is 10.2 Å². The quantitative estimate of drug-likeness (QED) is 0.767. The molecule has 0 atom stereocenters. The third-order valence-electron chi connectivity index (χ3n) is 3.51. The summed E-state index contributed by atoms with van der Waals surface area (Å²) >= 11 is 0. The molecule has 0 saturated carbocycles. The van der Waals surface area contributed by atoms with Crippen LogP contribution in [-0.2, 0) is 0 Å². The first-order chi connectivity index (χ1) is 12.1. The number of nitrogens with zero attached hydrogens (tertiary/aromatic N) is 2. The Kier molecular flexibility index (Phi) is 4.65. The van der Waals surface area contributed by atoms with Gasteiger partial charge in [-0.25, -0.2) is 0 Å². The molecular formula is C18H17N3O4. The Balaban J connectivity index is 1.84. The standard InChI is InChI=1S/C18H17N3O4/c1-11-20-21-18(25-11)12-5-4-6-14(7-12)19-17(22)13-8-15(23-2)10-16(9-13)24-3/h4-10H,1-3H3,(H,19,22). The predicted molar refractivity (Wildman–Crippen MR) is 92.0 cm³/mol. The molecular weight excluding hydrogens is 322 g/mol. The van der Waals surface area contributed by atoms with Crippen molar-refractivity contribution < 1.29 is 18.7 Å². The summed E-state index contributed by atoms with van der Waals surface area (Å²) in [7, 11) is 3.07. The van der Waals surface area contributed by atoms with E-state index in [1.54, 1.807) is 43.3 Å². The Morgan fingerprint density at radius 3 is 2.36 bits per heavy atom. The summed E-state index contributed by atoms with van der Waals surface area (Å²) in [5.41, 5.74) is 1.76. The molecule has 1 aromatic heterocycles. The van der Waals surface area contributed by atoms with Gasteiger partial charge in [0.1, 0.15) is 11.5 Å². The van der Waals surface area contributed by atoms with E-state index in [4.69, 9.17) is 13.9 Å². The van der Waals surface area contributed by atoms with Crippen molar-refractivity contribution >= 4 is 11.6 Å². The smallest absolute Gasteiger partial charge is 0.255 e. The van der Waals surface area contributed by atoms with E-state index in [1.807, 2.05) is 6.07 Å². The summed E-state index contributed by atoms with van der Waals surface area (Å²) in [5, 5.41) is 10.6. The Bertz CT molecular complexity index is 883. The number of nitrogens with one attached hydrogen (secondary N) is 1. The van der Waals surface area contributed by atoms with E-state index < -0.39 is 0 Å². The number of ether oxygens (including phenoxy) is 2. The second-order valence-corrected chi connectivity index (χ2v) is 5.26. The molecule has 25 heavy (non-hydrogen) atoms. The summed E-state index contributed by atoms with van der Waals surface area (Å²) in [6.45, 7) is 1.72. The molecule has 1 amide bonds. The van der Waals surface area contributed by atoms with E-state index >= 15 is 0 Å². The van der Waals surface area contributed by atoms with E-state index in [2.05, 4.69) is 15.5 Å². The number of anilines is 1. The summed E-state index contributed by atoms with van der Waals surface area (Å²) in [5.74, 6) is 1.68. The zero-order chi connectivity index (χ0) is 17.8. The van der Waals surface area contributed by atoms with Gasteiger partial charge >= 0.3 is 0 Å². The highest BCUT2D eigenvalue weighted by Gasteiger charge is 2.12. The number of rotatable bonds is 5. The molecule has 0 radical (unpaired) electrons. The lowest BCUT2D eigenvalue weighted by atomic mass is 10.1. The largest absolute Gasteiger partial charge is 0.497 e. The second kappa shape index (κ2) is 7.04. The monoisotopic (exact) mass is 339 g/mol. The SMILES string of the molecule is COc1cc(OC)cc(C(=O)Nc2cccc(-c3nnc(C)o3)c2)c1. The highest BCUT2D eigenvalue weighted by atomic mass is 16.5. The first kappa shape index (κ1) is 16.5. The molecule has 1 heterocycles. The van der Waals surface area contributed by atoms with E-state index in [9.17, 15) is 4.79 Å². The van der Waals surface area contributed by atoms with Crippen LogP contribution in [0.5, 0.6) is 11.5 Å². The summed E-state index contributed by atoms with van der Waals surface area (Å²) in [6.07, 6.45) is 0. The van der Waals surface area contributed by atoms with Gasteiger partial charge in [-0.1, -0.05) is 6.07 Å². The van der Waals surface area contributed by atoms with Crippen LogP contribution in [-0.4, -0.2) is 30.3 Å². The first-order valence-electron chi connectivity index (χ1n) is 7.54. The maximum Gasteiger partial charge on any atom is 0.255 e. The average molecular weight is 339 g/mol. The van der Waals surface area contributed by atoms with Crippen molar-refractivity contribution in [2.75, 3.05) is 19.5 Å². The fourth-order valence-electron chi connectivity index (χ4n) is 2.28. The Morgan fingerprint density at radius 2 is 1.76 bits per heavy atom. The van der Waals surface area contributed by atoms with Gasteiger partial charge in [0.15, 0.2) is 0 Å². The van der Waals surface area contributed by atoms with Crippen LogP contribution in [0.2, 0.25) is 0 Å². The predicted octanol–water partition coefficient (Wildman–Crippen LogP) is 3.31. The number of aryl methyl sites for hydroxylation is 1. The third kappa shape index (κ3) is 3.77. The Labute approximate surface area is 144 Å². The molecule has 0 aliphatic carbocycles. The lowest BCUT2D eigenvalue weighted by molar-refractivity contribution is 0.102. The first-order valence-corrected chi connectivity index (χ1v) is 7.54. The van der Waals surface area contributed by atoms with Gasteiger partial charge < -0.3 is 19.2 Å². The molecule has 0 unspecified atom stereocenters. The average Bonchev–Trinajstić information content (AvgIpc) is 3.08. The topological polar surface area (TPSA) is 86.5 Å². The molecule has 128 valence electrons. The summed E-state index contributed by atoms with van der Waals surface area (Å²) in [6, 6.07) is 12.2. The molecule has 7 heteroatoms. The van der Waals surface area contributed by atoms with Crippen molar-refractivity contribution in [3.05, 3.63) is 53.9 Å². The number of carbonyl (C=O) groups excluding carboxylic acids is 1. The number of benzene rings is 2. The van der Waals surface area contributed by atoms with Gasteiger partial charge in [-0.15, -0.1) is 10.2 Å². The van der Waals surface area contributed by atoms with Crippen LogP contribution in [0.3, 0.4) is 0 Å². The van der Waals surface area contributed by atoms with E-state index in [0.717, 1.165) is 5.56 Å². The molecule has 0 fully saturated rings. The fourth-order valence-corrected chi connectivity index (χ4v) is 2.28. The Morgan fingerprint density at radius 1 is 1.04 bits per heavy atom. The van der Waals surface area contributed by atoms with Crippen LogP contribution in [0, 0.1) is 6.92 Å². The zero-order valence-electron chi connectivity index (χ0n) is 14.1. The summed E-state index contributed by atoms with van der Waals surface area (Å²) < 4.78 is 15.8. The molecule has 3 rings (SSSR count). The van der Waals surface area contributed by atoms with Crippen molar-refractivity contribution in [2.45, 2.75) is 6.92 Å². The van der Waals surface area contributed by atoms with Crippen LogP contribution in [0.25, 0.3) is 11.5 Å². The number of amides is 1. The summed E-state index contributed by atoms with van der Waals surface area (Å²) in [4.78, 5) is 12.5. The number of methoxy groups -OCH3 is 2. The highest BCUT2D eigenvalue weighted by molar-refractivity contribution is 6.05. The minimum Gasteiger partial charge on any atom is -0.497 e. The Hall–Kier alpha value is -3.35. The van der Waals surface area contributed by atoms with Crippen LogP contribution in [0.4, 0.5) is 5.69 Å². The number of hydrogen-bond acceptors (Lipinski definition) is 6. The molecule has 3 aromatic rings. The van der Waals surface area contributed by atoms with Crippen molar-refractivity contribution in [3.8, 4) is 23.0 Å². The van der Waals surface area contributed by atoms with Crippen LogP contribution in [0.15, 0.2) is 46.9 Å². The minimum absolute atomic E-state index is 0.281. The molecule has 0 saturated heterocycles. The van der Waals surface area contributed by atoms with E-state index in [0.29, 0.717) is 34.5 Å². The number of aromatic nitrogens is 2. The van der Waals surface area contributed by atoms with Gasteiger partial charge in [-0.3, -0.25) is 4.79 Å². The molecule has 7 nitrogen and oxygen atoms in total. The zero-order valence-corrected chi connectivity index (χ0v) is 14.1. The highest BCUT2D eigenvalue weighted by Crippen LogP contribution is 2.25. The van der Waals surface area contributed by atoms with Crippen LogP contribution in [0.1, 0.15) is 16.2 Å². The molecule has 0 aliphatic heterocycles. The van der Waals surface area contributed by atoms with Gasteiger partial charge in [0.25, 0.3) is 5.91 Å². The minimum atomic E-state index is -0.281. The lowest BCUT2D eigenvalue weighted by Gasteiger charge is -2.09. The third-order valence-corrected chi connectivity index (χ3v) is 3.51. The van der Waals surface area contributed by atoms with Gasteiger partial charge in [-0.2, -0.15) is 0 Å². The van der Waals surface area contributed by atoms with Gasteiger partial charge in [0.2, 0.25) is 11.8 Å². The normalized spacial score (nSPS) is 10.4. The van der Waals surface area contributed by atoms with Crippen molar-refractivity contribution in [2.24, 2.45) is 0 Å². The van der Waals surface area contributed by atoms with Crippen molar-refractivity contribution in [1.29, 1.82) is 0 Å². The lowest BCUT2D eigenvalue weighted by Crippen LogP contribution is -2.12. The second-order valence-electron chi connectivity index (χ2n) is 5.26. The molecule has 2 aromatic carbocycles. The van der Waals surface area contributed by atoms with Crippen LogP contribution < -0.4 is 14.8 Å². The van der Waals surface area contributed by atoms with Gasteiger partial charge in [-0.05, 0) is 30.3 Å². The number of hydrogen-bond donors (Lipinski definition) is 1. The van der Waals surface area contributed by atoms with Gasteiger partial charge in [0, 0.05) is 29.8 Å². The van der Waals surface area contributed by atoms with E-state index in [1.165, 1.54) is 14.2 Å². The van der Waals surface area contributed by atoms with E-state index in [-0.39, 0.29) is 5.91 Å². The van der Waals surface area contributed by atoms with Crippen LogP contribution >= 0.6 is 0 Å². The molecule has 0 aliphatic rings. The molecule has 1 N–H and O–H groups in total. The molecule has 0 bridgehead atoms. The number of carbonyl (C=O) groups is 1. The fraction of sp³-hybridized carbons (Fsp3) is 0.167. The van der Waals surface area contributed by atoms with Gasteiger partial charge in [0.05, 0.1) is 14.2 Å².